The second-order valence-corrected chi connectivity index (χ2v) is 17.7. The van der Waals surface area contributed by atoms with Crippen molar-refractivity contribution in [2.24, 2.45) is 0 Å². The number of aryl methyl sites for hydroxylation is 2. The van der Waals surface area contributed by atoms with Gasteiger partial charge in [0.2, 0.25) is 0 Å². The Balaban J connectivity index is 0.00000162. The molecule has 0 saturated heterocycles. The van der Waals surface area contributed by atoms with E-state index >= 15 is 0 Å². The van der Waals surface area contributed by atoms with Gasteiger partial charge in [-0.15, -0.1) is 67.3 Å². The maximum absolute atomic E-state index is 2.59. The smallest absolute Gasteiger partial charge is 1.00 e. The molecule has 0 atom stereocenters. The number of rotatable bonds is 6. The van der Waals surface area contributed by atoms with Gasteiger partial charge in [0.25, 0.3) is 0 Å². The summed E-state index contributed by atoms with van der Waals surface area (Å²) in [6.07, 6.45) is 0. The summed E-state index contributed by atoms with van der Waals surface area (Å²) >= 11 is 0. The average Bonchev–Trinajstić information content (AvgIpc) is 3.71. The molecule has 0 aliphatic heterocycles. The molecule has 0 amide bonds. The van der Waals surface area contributed by atoms with Crippen LogP contribution in [0.25, 0.3) is 66.1 Å². The molecule has 0 spiro atoms. The van der Waals surface area contributed by atoms with Crippen LogP contribution in [0.5, 0.6) is 0 Å². The molecule has 0 saturated carbocycles. The Morgan fingerprint density at radius 3 is 1.12 bits per heavy atom. The first-order chi connectivity index (χ1) is 22.9. The molecule has 8 aromatic carbocycles. The molecule has 0 unspecified atom stereocenters. The van der Waals surface area contributed by atoms with E-state index in [1.54, 1.807) is 0 Å². The van der Waals surface area contributed by atoms with Gasteiger partial charge in [-0.25, -0.2) is 0 Å². The maximum Gasteiger partial charge on any atom is 4.00 e. The first kappa shape index (κ1) is 37.5. The maximum atomic E-state index is 2.59. The van der Waals surface area contributed by atoms with Crippen molar-refractivity contribution in [1.82, 2.24) is 0 Å². The largest absolute Gasteiger partial charge is 4.00 e. The number of benzene rings is 6. The summed E-state index contributed by atoms with van der Waals surface area (Å²) in [6, 6.07) is 58.9. The average molecular weight is 781 g/mol. The summed E-state index contributed by atoms with van der Waals surface area (Å²) < 4.78 is 0. The van der Waals surface area contributed by atoms with Gasteiger partial charge >= 0.3 is 26.2 Å². The summed E-state index contributed by atoms with van der Waals surface area (Å²) in [5.74, 6) is 0. The molecule has 0 bridgehead atoms. The summed E-state index contributed by atoms with van der Waals surface area (Å²) in [5, 5.41) is 8.44. The Labute approximate surface area is 328 Å². The fourth-order valence-electron chi connectivity index (χ4n) is 7.73. The first-order valence-corrected chi connectivity index (χ1v) is 19.6. The van der Waals surface area contributed by atoms with Crippen molar-refractivity contribution >= 4 is 40.0 Å². The fourth-order valence-corrected chi connectivity index (χ4v) is 11.6. The second-order valence-electron chi connectivity index (χ2n) is 13.5. The summed E-state index contributed by atoms with van der Waals surface area (Å²) in [7, 11) is -2.49. The van der Waals surface area contributed by atoms with Crippen molar-refractivity contribution in [2.45, 2.75) is 26.9 Å². The van der Waals surface area contributed by atoms with Gasteiger partial charge in [0.15, 0.2) is 0 Å². The van der Waals surface area contributed by atoms with Gasteiger partial charge in [0, 0.05) is 8.07 Å². The number of hydrogen-bond acceptors (Lipinski definition) is 0. The minimum Gasteiger partial charge on any atom is -1.00 e. The van der Waals surface area contributed by atoms with Crippen molar-refractivity contribution in [3.05, 3.63) is 169 Å². The van der Waals surface area contributed by atoms with Gasteiger partial charge in [0.1, 0.15) is 0 Å². The molecule has 244 valence electrons. The van der Waals surface area contributed by atoms with Crippen LogP contribution in [0, 0.1) is 13.8 Å². The van der Waals surface area contributed by atoms with E-state index < -0.39 is 8.07 Å². The van der Waals surface area contributed by atoms with Crippen LogP contribution in [0.4, 0.5) is 0 Å². The minimum atomic E-state index is -2.49. The summed E-state index contributed by atoms with van der Waals surface area (Å²) in [6.45, 7) is 9.51. The fraction of sp³-hybridized carbons (Fsp3) is 0.0870. The van der Waals surface area contributed by atoms with Crippen molar-refractivity contribution in [1.29, 1.82) is 0 Å². The summed E-state index contributed by atoms with van der Waals surface area (Å²) in [4.78, 5) is 0. The number of halogens is 2. The zero-order chi connectivity index (χ0) is 32.1. The Bertz CT molecular complexity index is 2200. The van der Waals surface area contributed by atoms with Gasteiger partial charge in [-0.05, 0) is 25.0 Å². The number of hydrogen-bond donors (Lipinski definition) is 0. The molecule has 0 radical (unpaired) electrons. The van der Waals surface area contributed by atoms with E-state index in [9.17, 15) is 0 Å². The quantitative estimate of drug-likeness (QED) is 0.154. The topological polar surface area (TPSA) is 0 Å². The van der Waals surface area contributed by atoms with E-state index in [-0.39, 0.29) is 51.0 Å². The van der Waals surface area contributed by atoms with E-state index in [1.807, 2.05) is 0 Å². The van der Waals surface area contributed by atoms with Gasteiger partial charge in [0.05, 0.1) is 0 Å². The van der Waals surface area contributed by atoms with Gasteiger partial charge in [-0.1, -0.05) is 180 Å². The van der Waals surface area contributed by atoms with Crippen LogP contribution in [-0.4, -0.2) is 8.07 Å². The van der Waals surface area contributed by atoms with E-state index in [4.69, 9.17) is 0 Å². The molecular weight excluding hydrogens is 743 g/mol. The molecule has 8 rings (SSSR count). The number of fused-ring (bicyclic) bond motifs is 2. The molecule has 8 aromatic rings. The predicted octanol–water partition coefficient (Wildman–Crippen LogP) is 5.54. The van der Waals surface area contributed by atoms with E-state index in [2.05, 4.69) is 185 Å². The van der Waals surface area contributed by atoms with Crippen molar-refractivity contribution < 1.29 is 51.0 Å². The van der Waals surface area contributed by atoms with Crippen LogP contribution in [0.3, 0.4) is 0 Å². The standard InChI is InChI=1S/C46H38Si.2ClH.Zr/c1-31-21-25-35(26-22-31)39-19-11-17-37-29-41(33-13-7-5-8-14-33)45(43(37)39)47(3,4)46-42(34-15-9-6-10-16-34)30-38-18-12-20-40(44(38)46)36-27-23-32(2)24-28-36;;;/h5-30H,1-4H3;2*1H;/q-2;;;+4/p-2. The third kappa shape index (κ3) is 6.56. The summed E-state index contributed by atoms with van der Waals surface area (Å²) in [5.41, 5.74) is 13.0. The molecule has 0 heterocycles. The molecule has 0 aliphatic rings. The SMILES string of the molecule is Cc1ccc(-c2cccc3[cH-]c(-c4ccccc4)c([Si](C)(C)c4c(-c5ccccc5)[cH-]c5cccc(-c6ccc(C)cc6)c45)c23)cc1.[Cl-].[Cl-].[Zr+4]. The third-order valence-corrected chi connectivity index (χ3v) is 13.5. The molecule has 4 heteroatoms. The minimum absolute atomic E-state index is 0. The van der Waals surface area contributed by atoms with Gasteiger partial charge in [-0.2, -0.15) is 0 Å². The van der Waals surface area contributed by atoms with Crippen molar-refractivity contribution in [3.8, 4) is 44.5 Å². The van der Waals surface area contributed by atoms with Crippen LogP contribution >= 0.6 is 0 Å². The van der Waals surface area contributed by atoms with Crippen LogP contribution in [-0.2, 0) is 26.2 Å². The Morgan fingerprint density at radius 2 is 0.760 bits per heavy atom. The normalized spacial score (nSPS) is 11.1. The zero-order valence-corrected chi connectivity index (χ0v) is 33.7. The Hall–Kier alpha value is -3.78. The molecule has 0 fully saturated rings. The van der Waals surface area contributed by atoms with Crippen LogP contribution in [0.1, 0.15) is 11.1 Å². The molecular formula is C46H38Cl2SiZr. The molecule has 0 aromatic heterocycles. The van der Waals surface area contributed by atoms with Crippen LogP contribution in [0.2, 0.25) is 13.1 Å². The van der Waals surface area contributed by atoms with E-state index in [0.717, 1.165) is 0 Å². The van der Waals surface area contributed by atoms with Crippen molar-refractivity contribution in [2.75, 3.05) is 0 Å². The van der Waals surface area contributed by atoms with Gasteiger partial charge < -0.3 is 24.8 Å². The molecule has 0 N–H and O–H groups in total. The molecule has 0 nitrogen and oxygen atoms in total. The monoisotopic (exact) mass is 778 g/mol. The van der Waals surface area contributed by atoms with Crippen molar-refractivity contribution in [3.63, 3.8) is 0 Å². The van der Waals surface area contributed by atoms with Crippen LogP contribution < -0.4 is 35.2 Å². The Kier molecular flexibility index (Phi) is 11.4. The first-order valence-electron chi connectivity index (χ1n) is 16.6. The van der Waals surface area contributed by atoms with E-state index in [0.29, 0.717) is 0 Å². The molecule has 0 aliphatic carbocycles. The Morgan fingerprint density at radius 1 is 0.400 bits per heavy atom. The molecule has 50 heavy (non-hydrogen) atoms. The zero-order valence-electron chi connectivity index (χ0n) is 28.8. The predicted molar refractivity (Wildman–Crippen MR) is 207 cm³/mol. The second kappa shape index (κ2) is 15.2. The van der Waals surface area contributed by atoms with Crippen LogP contribution in [0.15, 0.2) is 158 Å². The van der Waals surface area contributed by atoms with E-state index in [1.165, 1.54) is 87.6 Å². The third-order valence-electron chi connectivity index (χ3n) is 9.98. The van der Waals surface area contributed by atoms with Gasteiger partial charge in [-0.3, -0.25) is 0 Å².